The molecule has 2 rings (SSSR count). The minimum atomic E-state index is -0.330. The summed E-state index contributed by atoms with van der Waals surface area (Å²) in [7, 11) is 0. The van der Waals surface area contributed by atoms with E-state index in [-0.39, 0.29) is 24.3 Å². The Labute approximate surface area is 160 Å². The lowest BCUT2D eigenvalue weighted by molar-refractivity contribution is -0.132. The van der Waals surface area contributed by atoms with Crippen LogP contribution in [-0.4, -0.2) is 67.0 Å². The first-order valence-electron chi connectivity index (χ1n) is 9.53. The Morgan fingerprint density at radius 2 is 1.67 bits per heavy atom. The van der Waals surface area contributed by atoms with Crippen LogP contribution < -0.4 is 4.90 Å². The summed E-state index contributed by atoms with van der Waals surface area (Å²) in [6.07, 6.45) is 0.754. The predicted octanol–water partition coefficient (Wildman–Crippen LogP) is 2.29. The molecule has 0 atom stereocenters. The number of hydrogen-bond acceptors (Lipinski definition) is 4. The molecule has 27 heavy (non-hydrogen) atoms. The zero-order chi connectivity index (χ0) is 19.8. The van der Waals surface area contributed by atoms with Gasteiger partial charge in [0, 0.05) is 51.8 Å². The Hall–Kier alpha value is -2.57. The molecule has 7 nitrogen and oxygen atoms in total. The number of piperazine rings is 1. The fourth-order valence-electron chi connectivity index (χ4n) is 3.24. The quantitative estimate of drug-likeness (QED) is 0.765. The number of ether oxygens (including phenoxy) is 1. The molecular formula is C20H29N3O4. The third-order valence-electron chi connectivity index (χ3n) is 4.75. The highest BCUT2D eigenvalue weighted by Crippen LogP contribution is 2.21. The topological polar surface area (TPSA) is 70.2 Å². The summed E-state index contributed by atoms with van der Waals surface area (Å²) in [6, 6.07) is 7.78. The smallest absolute Gasteiger partial charge is 0.409 e. The maximum absolute atomic E-state index is 12.6. The van der Waals surface area contributed by atoms with Gasteiger partial charge in [0.05, 0.1) is 6.61 Å². The van der Waals surface area contributed by atoms with Gasteiger partial charge in [0.2, 0.25) is 11.8 Å². The second kappa shape index (κ2) is 9.94. The summed E-state index contributed by atoms with van der Waals surface area (Å²) in [4.78, 5) is 41.5. The van der Waals surface area contributed by atoms with Crippen molar-refractivity contribution in [2.45, 2.75) is 33.6 Å². The average molecular weight is 375 g/mol. The first-order chi connectivity index (χ1) is 13.0. The van der Waals surface area contributed by atoms with Crippen molar-refractivity contribution >= 4 is 23.6 Å². The van der Waals surface area contributed by atoms with E-state index in [1.807, 2.05) is 31.2 Å². The fraction of sp³-hybridized carbons (Fsp3) is 0.550. The van der Waals surface area contributed by atoms with E-state index < -0.39 is 0 Å². The Morgan fingerprint density at radius 3 is 2.26 bits per heavy atom. The highest BCUT2D eigenvalue weighted by Gasteiger charge is 2.25. The number of aryl methyl sites for hydroxylation is 1. The first kappa shape index (κ1) is 20.7. The molecule has 0 aromatic heterocycles. The van der Waals surface area contributed by atoms with Gasteiger partial charge in [-0.2, -0.15) is 0 Å². The van der Waals surface area contributed by atoms with Gasteiger partial charge in [0.25, 0.3) is 0 Å². The van der Waals surface area contributed by atoms with E-state index in [4.69, 9.17) is 4.74 Å². The molecule has 1 aromatic rings. The molecule has 0 bridgehead atoms. The maximum atomic E-state index is 12.6. The van der Waals surface area contributed by atoms with E-state index in [1.165, 1.54) is 6.92 Å². The molecule has 7 heteroatoms. The lowest BCUT2D eigenvalue weighted by Gasteiger charge is -2.34. The summed E-state index contributed by atoms with van der Waals surface area (Å²) in [6.45, 7) is 7.96. The maximum Gasteiger partial charge on any atom is 0.409 e. The largest absolute Gasteiger partial charge is 0.450 e. The van der Waals surface area contributed by atoms with Gasteiger partial charge >= 0.3 is 6.09 Å². The van der Waals surface area contributed by atoms with Crippen LogP contribution in [0.25, 0.3) is 0 Å². The zero-order valence-corrected chi connectivity index (χ0v) is 16.4. The Morgan fingerprint density at radius 1 is 1.04 bits per heavy atom. The van der Waals surface area contributed by atoms with Crippen LogP contribution in [-0.2, 0) is 20.7 Å². The van der Waals surface area contributed by atoms with Gasteiger partial charge < -0.3 is 19.4 Å². The third-order valence-corrected chi connectivity index (χ3v) is 4.75. The number of carbonyl (C=O) groups is 3. The van der Waals surface area contributed by atoms with Crippen molar-refractivity contribution in [3.63, 3.8) is 0 Å². The fourth-order valence-corrected chi connectivity index (χ4v) is 3.24. The molecule has 1 aliphatic rings. The molecule has 0 radical (unpaired) electrons. The molecule has 0 saturated carbocycles. The van der Waals surface area contributed by atoms with Crippen molar-refractivity contribution in [1.82, 2.24) is 9.80 Å². The first-order valence-corrected chi connectivity index (χ1v) is 9.53. The van der Waals surface area contributed by atoms with Gasteiger partial charge in [-0.25, -0.2) is 4.79 Å². The van der Waals surface area contributed by atoms with Gasteiger partial charge in [0.15, 0.2) is 0 Å². The molecule has 1 aromatic carbocycles. The molecule has 0 unspecified atom stereocenters. The van der Waals surface area contributed by atoms with Crippen molar-refractivity contribution in [2.75, 3.05) is 44.2 Å². The van der Waals surface area contributed by atoms with Gasteiger partial charge in [-0.15, -0.1) is 0 Å². The minimum absolute atomic E-state index is 0.00117. The molecule has 1 saturated heterocycles. The van der Waals surface area contributed by atoms with Crippen LogP contribution in [0.5, 0.6) is 0 Å². The number of benzene rings is 1. The van der Waals surface area contributed by atoms with Crippen molar-refractivity contribution in [1.29, 1.82) is 0 Å². The summed E-state index contributed by atoms with van der Waals surface area (Å²) in [5.74, 6) is -0.0745. The van der Waals surface area contributed by atoms with Crippen LogP contribution in [0.15, 0.2) is 24.3 Å². The molecule has 1 aliphatic heterocycles. The van der Waals surface area contributed by atoms with Crippen LogP contribution >= 0.6 is 0 Å². The molecule has 148 valence electrons. The lowest BCUT2D eigenvalue weighted by Crippen LogP contribution is -2.51. The summed E-state index contributed by atoms with van der Waals surface area (Å²) in [5.41, 5.74) is 1.95. The number of hydrogen-bond donors (Lipinski definition) is 0. The number of anilines is 1. The highest BCUT2D eigenvalue weighted by molar-refractivity contribution is 5.93. The lowest BCUT2D eigenvalue weighted by atomic mass is 10.1. The van der Waals surface area contributed by atoms with Crippen molar-refractivity contribution in [2.24, 2.45) is 0 Å². The molecule has 0 N–H and O–H groups in total. The predicted molar refractivity (Wildman–Crippen MR) is 104 cm³/mol. The average Bonchev–Trinajstić information content (AvgIpc) is 2.68. The summed E-state index contributed by atoms with van der Waals surface area (Å²) in [5, 5.41) is 0. The van der Waals surface area contributed by atoms with Crippen LogP contribution in [0, 0.1) is 0 Å². The normalized spacial score (nSPS) is 14.0. The van der Waals surface area contributed by atoms with E-state index in [0.717, 1.165) is 17.7 Å². The van der Waals surface area contributed by atoms with Crippen molar-refractivity contribution in [3.8, 4) is 0 Å². The van der Waals surface area contributed by atoms with Gasteiger partial charge in [-0.05, 0) is 25.0 Å². The number of rotatable bonds is 6. The van der Waals surface area contributed by atoms with Crippen LogP contribution in [0.1, 0.15) is 32.8 Å². The SMILES string of the molecule is CCOC(=O)N1CCN(C(=O)CCN(C(C)=O)c2ccccc2CC)CC1. The van der Waals surface area contributed by atoms with Crippen molar-refractivity contribution < 1.29 is 19.1 Å². The van der Waals surface area contributed by atoms with Gasteiger partial charge in [-0.1, -0.05) is 25.1 Å². The molecule has 0 aliphatic carbocycles. The summed E-state index contributed by atoms with van der Waals surface area (Å²) < 4.78 is 4.99. The van der Waals surface area contributed by atoms with Crippen LogP contribution in [0.4, 0.5) is 10.5 Å². The van der Waals surface area contributed by atoms with Gasteiger partial charge in [-0.3, -0.25) is 9.59 Å². The Bertz CT molecular complexity index is 669. The van der Waals surface area contributed by atoms with E-state index in [1.54, 1.807) is 21.6 Å². The Balaban J connectivity index is 1.92. The summed E-state index contributed by atoms with van der Waals surface area (Å²) >= 11 is 0. The standard InChI is InChI=1S/C20H29N3O4/c1-4-17-8-6-7-9-18(17)23(16(3)24)11-10-19(25)21-12-14-22(15-13-21)20(26)27-5-2/h6-9H,4-5,10-15H2,1-3H3. The van der Waals surface area contributed by atoms with E-state index >= 15 is 0 Å². The Kier molecular flexibility index (Phi) is 7.64. The molecule has 3 amide bonds. The minimum Gasteiger partial charge on any atom is -0.450 e. The zero-order valence-electron chi connectivity index (χ0n) is 16.4. The van der Waals surface area contributed by atoms with Crippen molar-refractivity contribution in [3.05, 3.63) is 29.8 Å². The third kappa shape index (κ3) is 5.45. The second-order valence-corrected chi connectivity index (χ2v) is 6.47. The second-order valence-electron chi connectivity index (χ2n) is 6.47. The number of nitrogens with zero attached hydrogens (tertiary/aromatic N) is 3. The number of para-hydroxylation sites is 1. The number of carbonyl (C=O) groups excluding carboxylic acids is 3. The monoisotopic (exact) mass is 375 g/mol. The van der Waals surface area contributed by atoms with Crippen LogP contribution in [0.2, 0.25) is 0 Å². The molecular weight excluding hydrogens is 346 g/mol. The molecule has 1 heterocycles. The molecule has 0 spiro atoms. The molecule has 1 fully saturated rings. The van der Waals surface area contributed by atoms with Gasteiger partial charge in [0.1, 0.15) is 0 Å². The van der Waals surface area contributed by atoms with E-state index in [0.29, 0.717) is 39.3 Å². The van der Waals surface area contributed by atoms with Crippen LogP contribution in [0.3, 0.4) is 0 Å². The van der Waals surface area contributed by atoms with E-state index in [2.05, 4.69) is 0 Å². The highest BCUT2D eigenvalue weighted by atomic mass is 16.6. The number of amides is 3. The van der Waals surface area contributed by atoms with E-state index in [9.17, 15) is 14.4 Å².